The molecule has 0 bridgehead atoms. The standard InChI is InChI=1S/C9H7BrN2O/c1-13-12-9(10)8-4-2-7(6-11)3-5-8/h2-5H,1H3/b12-9-. The zero-order valence-electron chi connectivity index (χ0n) is 6.99. The van der Waals surface area contributed by atoms with Crippen LogP contribution in [0, 0.1) is 11.3 Å². The average molecular weight is 239 g/mol. The summed E-state index contributed by atoms with van der Waals surface area (Å²) in [5, 5.41) is 12.3. The lowest BCUT2D eigenvalue weighted by Gasteiger charge is -1.96. The van der Waals surface area contributed by atoms with Gasteiger partial charge in [-0.1, -0.05) is 17.3 Å². The van der Waals surface area contributed by atoms with E-state index in [0.717, 1.165) is 5.56 Å². The zero-order chi connectivity index (χ0) is 9.68. The zero-order valence-corrected chi connectivity index (χ0v) is 8.58. The van der Waals surface area contributed by atoms with Gasteiger partial charge < -0.3 is 4.84 Å². The third-order valence-corrected chi connectivity index (χ3v) is 2.03. The molecule has 0 spiro atoms. The number of oxime groups is 1. The van der Waals surface area contributed by atoms with E-state index >= 15 is 0 Å². The molecule has 0 N–H and O–H groups in total. The molecule has 66 valence electrons. The predicted molar refractivity (Wildman–Crippen MR) is 53.6 cm³/mol. The molecule has 0 saturated heterocycles. The molecule has 1 rings (SSSR count). The van der Waals surface area contributed by atoms with Crippen LogP contribution < -0.4 is 0 Å². The molecular weight excluding hydrogens is 232 g/mol. The second-order valence-electron chi connectivity index (χ2n) is 2.25. The lowest BCUT2D eigenvalue weighted by molar-refractivity contribution is 0.215. The highest BCUT2D eigenvalue weighted by molar-refractivity contribution is 9.18. The van der Waals surface area contributed by atoms with Gasteiger partial charge in [0.05, 0.1) is 11.6 Å². The van der Waals surface area contributed by atoms with Gasteiger partial charge in [-0.05, 0) is 28.1 Å². The van der Waals surface area contributed by atoms with Gasteiger partial charge in [0.2, 0.25) is 0 Å². The highest BCUT2D eigenvalue weighted by Gasteiger charge is 1.99. The van der Waals surface area contributed by atoms with Gasteiger partial charge in [0.25, 0.3) is 0 Å². The van der Waals surface area contributed by atoms with Crippen LogP contribution >= 0.6 is 15.9 Å². The normalized spacial score (nSPS) is 10.7. The molecule has 0 aliphatic rings. The Morgan fingerprint density at radius 3 is 2.54 bits per heavy atom. The Kier molecular flexibility index (Phi) is 3.47. The summed E-state index contributed by atoms with van der Waals surface area (Å²) in [7, 11) is 1.48. The van der Waals surface area contributed by atoms with Crippen LogP contribution in [0.25, 0.3) is 0 Å². The Morgan fingerprint density at radius 1 is 1.46 bits per heavy atom. The minimum absolute atomic E-state index is 0.611. The highest BCUT2D eigenvalue weighted by atomic mass is 79.9. The Bertz CT molecular complexity index is 351. The lowest BCUT2D eigenvalue weighted by atomic mass is 10.2. The molecule has 0 heterocycles. The van der Waals surface area contributed by atoms with Crippen LogP contribution in [0.3, 0.4) is 0 Å². The number of halogens is 1. The Balaban J connectivity index is 2.94. The summed E-state index contributed by atoms with van der Waals surface area (Å²) < 4.78 is 0.611. The van der Waals surface area contributed by atoms with Crippen molar-refractivity contribution in [3.05, 3.63) is 35.4 Å². The minimum Gasteiger partial charge on any atom is -0.398 e. The van der Waals surface area contributed by atoms with Gasteiger partial charge in [-0.2, -0.15) is 5.26 Å². The molecule has 0 aliphatic carbocycles. The monoisotopic (exact) mass is 238 g/mol. The van der Waals surface area contributed by atoms with Crippen LogP contribution in [-0.2, 0) is 4.84 Å². The quantitative estimate of drug-likeness (QED) is 0.586. The van der Waals surface area contributed by atoms with Crippen LogP contribution in [0.1, 0.15) is 11.1 Å². The summed E-state index contributed by atoms with van der Waals surface area (Å²) in [5.74, 6) is 0. The first kappa shape index (κ1) is 9.75. The number of rotatable bonds is 2. The molecule has 0 fully saturated rings. The maximum absolute atomic E-state index is 8.55. The predicted octanol–water partition coefficient (Wildman–Crippen LogP) is 2.26. The first-order valence-corrected chi connectivity index (χ1v) is 4.34. The van der Waals surface area contributed by atoms with Crippen molar-refractivity contribution in [2.75, 3.05) is 7.11 Å². The molecule has 13 heavy (non-hydrogen) atoms. The van der Waals surface area contributed by atoms with E-state index in [1.54, 1.807) is 24.3 Å². The van der Waals surface area contributed by atoms with Crippen molar-refractivity contribution in [1.82, 2.24) is 0 Å². The van der Waals surface area contributed by atoms with Gasteiger partial charge in [-0.25, -0.2) is 0 Å². The maximum Gasteiger partial charge on any atom is 0.152 e. The summed E-state index contributed by atoms with van der Waals surface area (Å²) in [6, 6.07) is 9.08. The summed E-state index contributed by atoms with van der Waals surface area (Å²) >= 11 is 3.23. The Morgan fingerprint density at radius 2 is 2.08 bits per heavy atom. The molecule has 0 radical (unpaired) electrons. The van der Waals surface area contributed by atoms with Crippen molar-refractivity contribution in [1.29, 1.82) is 5.26 Å². The van der Waals surface area contributed by atoms with Gasteiger partial charge in [0, 0.05) is 5.56 Å². The Labute approximate surface area is 84.7 Å². The van der Waals surface area contributed by atoms with E-state index in [-0.39, 0.29) is 0 Å². The van der Waals surface area contributed by atoms with Crippen molar-refractivity contribution >= 4 is 20.6 Å². The van der Waals surface area contributed by atoms with Crippen molar-refractivity contribution in [2.45, 2.75) is 0 Å². The highest BCUT2D eigenvalue weighted by Crippen LogP contribution is 2.08. The fraction of sp³-hybridized carbons (Fsp3) is 0.111. The SMILES string of the molecule is CO/N=C(\Br)c1ccc(C#N)cc1. The summed E-state index contributed by atoms with van der Waals surface area (Å²) in [5.41, 5.74) is 1.50. The fourth-order valence-corrected chi connectivity index (χ4v) is 1.22. The molecule has 4 heteroatoms. The van der Waals surface area contributed by atoms with Crippen LogP contribution in [0.5, 0.6) is 0 Å². The van der Waals surface area contributed by atoms with Crippen molar-refractivity contribution in [3.8, 4) is 6.07 Å². The molecule has 0 aromatic heterocycles. The van der Waals surface area contributed by atoms with E-state index in [1.807, 2.05) is 6.07 Å². The van der Waals surface area contributed by atoms with E-state index in [0.29, 0.717) is 10.2 Å². The average Bonchev–Trinajstić information content (AvgIpc) is 2.18. The van der Waals surface area contributed by atoms with E-state index < -0.39 is 0 Å². The van der Waals surface area contributed by atoms with Gasteiger partial charge in [-0.3, -0.25) is 0 Å². The molecule has 0 amide bonds. The van der Waals surface area contributed by atoms with E-state index in [1.165, 1.54) is 7.11 Å². The molecule has 0 saturated carbocycles. The minimum atomic E-state index is 0.611. The number of hydrogen-bond donors (Lipinski definition) is 0. The Hall–Kier alpha value is -1.34. The van der Waals surface area contributed by atoms with Gasteiger partial charge in [-0.15, -0.1) is 0 Å². The number of nitriles is 1. The topological polar surface area (TPSA) is 45.4 Å². The largest absolute Gasteiger partial charge is 0.398 e. The first-order valence-electron chi connectivity index (χ1n) is 3.55. The summed E-state index contributed by atoms with van der Waals surface area (Å²) in [6.45, 7) is 0. The lowest BCUT2D eigenvalue weighted by Crippen LogP contribution is -1.90. The van der Waals surface area contributed by atoms with Gasteiger partial charge in [0.15, 0.2) is 4.62 Å². The third kappa shape index (κ3) is 2.56. The van der Waals surface area contributed by atoms with Gasteiger partial charge >= 0.3 is 0 Å². The number of benzene rings is 1. The second kappa shape index (κ2) is 4.63. The van der Waals surface area contributed by atoms with E-state index in [4.69, 9.17) is 5.26 Å². The van der Waals surface area contributed by atoms with E-state index in [9.17, 15) is 0 Å². The van der Waals surface area contributed by atoms with Crippen molar-refractivity contribution in [2.24, 2.45) is 5.16 Å². The molecule has 0 atom stereocenters. The smallest absolute Gasteiger partial charge is 0.152 e. The van der Waals surface area contributed by atoms with E-state index in [2.05, 4.69) is 25.9 Å². The van der Waals surface area contributed by atoms with Gasteiger partial charge in [0.1, 0.15) is 7.11 Å². The van der Waals surface area contributed by atoms with Crippen LogP contribution in [0.4, 0.5) is 0 Å². The molecule has 1 aromatic carbocycles. The van der Waals surface area contributed by atoms with Crippen LogP contribution in [-0.4, -0.2) is 11.7 Å². The third-order valence-electron chi connectivity index (χ3n) is 1.42. The fourth-order valence-electron chi connectivity index (χ4n) is 0.815. The van der Waals surface area contributed by atoms with Crippen LogP contribution in [0.15, 0.2) is 29.4 Å². The number of nitrogens with zero attached hydrogens (tertiary/aromatic N) is 2. The number of hydrogen-bond acceptors (Lipinski definition) is 3. The maximum atomic E-state index is 8.55. The summed E-state index contributed by atoms with van der Waals surface area (Å²) in [4.78, 5) is 4.59. The molecule has 0 aliphatic heterocycles. The molecule has 1 aromatic rings. The molecular formula is C9H7BrN2O. The van der Waals surface area contributed by atoms with Crippen LogP contribution in [0.2, 0.25) is 0 Å². The second-order valence-corrected chi connectivity index (χ2v) is 3.00. The van der Waals surface area contributed by atoms with Crippen molar-refractivity contribution < 1.29 is 4.84 Å². The first-order chi connectivity index (χ1) is 6.27. The van der Waals surface area contributed by atoms with Crippen molar-refractivity contribution in [3.63, 3.8) is 0 Å². The molecule has 0 unspecified atom stereocenters. The summed E-state index contributed by atoms with van der Waals surface area (Å²) in [6.07, 6.45) is 0. The molecule has 3 nitrogen and oxygen atoms in total.